The highest BCUT2D eigenvalue weighted by Gasteiger charge is 2.26. The predicted octanol–water partition coefficient (Wildman–Crippen LogP) is 0.453. The monoisotopic (exact) mass is 155 g/mol. The molecule has 0 aromatic rings. The van der Waals surface area contributed by atoms with E-state index < -0.39 is 0 Å². The fourth-order valence-electron chi connectivity index (χ4n) is 1.26. The zero-order valence-electron chi connectivity index (χ0n) is 6.62. The zero-order chi connectivity index (χ0) is 8.27. The number of rotatable bonds is 1. The smallest absolute Gasteiger partial charge is 0.310 e. The van der Waals surface area contributed by atoms with E-state index in [1.54, 1.807) is 0 Å². The first-order valence-electron chi connectivity index (χ1n) is 3.74. The van der Waals surface area contributed by atoms with Gasteiger partial charge in [0.15, 0.2) is 0 Å². The minimum Gasteiger partial charge on any atom is -0.469 e. The van der Waals surface area contributed by atoms with E-state index in [0.717, 1.165) is 6.42 Å². The maximum Gasteiger partial charge on any atom is 0.310 e. The van der Waals surface area contributed by atoms with Gasteiger partial charge in [-0.2, -0.15) is 0 Å². The lowest BCUT2D eigenvalue weighted by Gasteiger charge is -2.22. The molecule has 0 aromatic heterocycles. The summed E-state index contributed by atoms with van der Waals surface area (Å²) < 4.78 is 4.61. The molecule has 0 aliphatic heterocycles. The predicted molar refractivity (Wildman–Crippen MR) is 41.9 cm³/mol. The van der Waals surface area contributed by atoms with Crippen LogP contribution in [-0.2, 0) is 9.53 Å². The lowest BCUT2D eigenvalue weighted by molar-refractivity contribution is -0.146. The summed E-state index contributed by atoms with van der Waals surface area (Å²) in [5, 5.41) is 0. The molecule has 0 heterocycles. The number of hydrogen-bond acceptors (Lipinski definition) is 3. The summed E-state index contributed by atoms with van der Waals surface area (Å²) in [6.45, 7) is 0. The van der Waals surface area contributed by atoms with Gasteiger partial charge in [0, 0.05) is 6.04 Å². The highest BCUT2D eigenvalue weighted by Crippen LogP contribution is 2.18. The lowest BCUT2D eigenvalue weighted by atomic mass is 9.90. The molecule has 3 nitrogen and oxygen atoms in total. The molecule has 0 saturated heterocycles. The van der Waals surface area contributed by atoms with Crippen molar-refractivity contribution in [3.8, 4) is 0 Å². The van der Waals surface area contributed by atoms with Gasteiger partial charge in [0.05, 0.1) is 13.0 Å². The number of carbonyl (C=O) groups excluding carboxylic acids is 1. The van der Waals surface area contributed by atoms with Crippen LogP contribution >= 0.6 is 0 Å². The standard InChI is InChI=1S/C8H13NO2/c1-11-8(10)6-4-2-3-5-7(6)9/h2-3,6-7H,4-5,9H2,1H3/t6-,7+/m1/s1. The molecular formula is C8H13NO2. The van der Waals surface area contributed by atoms with Crippen molar-refractivity contribution >= 4 is 5.97 Å². The molecule has 2 N–H and O–H groups in total. The Balaban J connectivity index is 2.56. The Kier molecular flexibility index (Phi) is 2.65. The van der Waals surface area contributed by atoms with Crippen molar-refractivity contribution in [3.05, 3.63) is 12.2 Å². The number of methoxy groups -OCH3 is 1. The van der Waals surface area contributed by atoms with Crippen molar-refractivity contribution in [2.45, 2.75) is 18.9 Å². The van der Waals surface area contributed by atoms with Gasteiger partial charge in [-0.15, -0.1) is 0 Å². The third-order valence-electron chi connectivity index (χ3n) is 1.99. The number of hydrogen-bond donors (Lipinski definition) is 1. The van der Waals surface area contributed by atoms with Crippen LogP contribution in [0, 0.1) is 5.92 Å². The molecule has 0 radical (unpaired) electrons. The van der Waals surface area contributed by atoms with Crippen molar-refractivity contribution in [1.29, 1.82) is 0 Å². The molecule has 1 aliphatic rings. The fraction of sp³-hybridized carbons (Fsp3) is 0.625. The Labute approximate surface area is 66.2 Å². The van der Waals surface area contributed by atoms with Crippen LogP contribution in [0.15, 0.2) is 12.2 Å². The van der Waals surface area contributed by atoms with Crippen LogP contribution in [0.5, 0.6) is 0 Å². The molecule has 1 aliphatic carbocycles. The fourth-order valence-corrected chi connectivity index (χ4v) is 1.26. The second kappa shape index (κ2) is 3.53. The topological polar surface area (TPSA) is 52.3 Å². The molecule has 0 unspecified atom stereocenters. The van der Waals surface area contributed by atoms with Crippen molar-refractivity contribution < 1.29 is 9.53 Å². The van der Waals surface area contributed by atoms with Crippen LogP contribution in [0.3, 0.4) is 0 Å². The minimum atomic E-state index is -0.193. The Morgan fingerprint density at radius 1 is 1.55 bits per heavy atom. The summed E-state index contributed by atoms with van der Waals surface area (Å²) in [5.74, 6) is -0.327. The quantitative estimate of drug-likeness (QED) is 0.442. The van der Waals surface area contributed by atoms with Gasteiger partial charge in [-0.3, -0.25) is 4.79 Å². The number of allylic oxidation sites excluding steroid dienone is 1. The Morgan fingerprint density at radius 3 is 2.73 bits per heavy atom. The van der Waals surface area contributed by atoms with E-state index in [-0.39, 0.29) is 17.9 Å². The summed E-state index contributed by atoms with van der Waals surface area (Å²) in [6, 6.07) is -0.0625. The van der Waals surface area contributed by atoms with E-state index in [0.29, 0.717) is 6.42 Å². The molecule has 0 saturated carbocycles. The van der Waals surface area contributed by atoms with Gasteiger partial charge in [0.1, 0.15) is 0 Å². The van der Waals surface area contributed by atoms with E-state index in [2.05, 4.69) is 4.74 Å². The van der Waals surface area contributed by atoms with Crippen LogP contribution in [0.25, 0.3) is 0 Å². The molecule has 62 valence electrons. The Morgan fingerprint density at radius 2 is 2.18 bits per heavy atom. The number of carbonyl (C=O) groups is 1. The highest BCUT2D eigenvalue weighted by atomic mass is 16.5. The Hall–Kier alpha value is -0.830. The average Bonchev–Trinajstić information content (AvgIpc) is 2.04. The summed E-state index contributed by atoms with van der Waals surface area (Å²) in [7, 11) is 1.40. The zero-order valence-corrected chi connectivity index (χ0v) is 6.62. The maximum atomic E-state index is 11.0. The van der Waals surface area contributed by atoms with Crippen molar-refractivity contribution in [3.63, 3.8) is 0 Å². The van der Waals surface area contributed by atoms with Crippen molar-refractivity contribution in [1.82, 2.24) is 0 Å². The largest absolute Gasteiger partial charge is 0.469 e. The first-order valence-corrected chi connectivity index (χ1v) is 3.74. The molecule has 0 fully saturated rings. The van der Waals surface area contributed by atoms with E-state index >= 15 is 0 Å². The molecule has 1 rings (SSSR count). The highest BCUT2D eigenvalue weighted by molar-refractivity contribution is 5.73. The van der Waals surface area contributed by atoms with Crippen LogP contribution in [0.4, 0.5) is 0 Å². The maximum absolute atomic E-state index is 11.0. The van der Waals surface area contributed by atoms with Crippen LogP contribution in [0.2, 0.25) is 0 Å². The first-order chi connectivity index (χ1) is 5.25. The van der Waals surface area contributed by atoms with Crippen LogP contribution in [0.1, 0.15) is 12.8 Å². The number of ether oxygens (including phenoxy) is 1. The normalized spacial score (nSPS) is 30.0. The van der Waals surface area contributed by atoms with Gasteiger partial charge in [0.2, 0.25) is 0 Å². The molecular weight excluding hydrogens is 142 g/mol. The van der Waals surface area contributed by atoms with Gasteiger partial charge >= 0.3 is 5.97 Å². The summed E-state index contributed by atoms with van der Waals surface area (Å²) in [4.78, 5) is 11.0. The van der Waals surface area contributed by atoms with E-state index in [4.69, 9.17) is 5.73 Å². The van der Waals surface area contributed by atoms with Gasteiger partial charge in [-0.25, -0.2) is 0 Å². The van der Waals surface area contributed by atoms with Crippen molar-refractivity contribution in [2.24, 2.45) is 11.7 Å². The molecule has 2 atom stereocenters. The lowest BCUT2D eigenvalue weighted by Crippen LogP contribution is -2.37. The summed E-state index contributed by atoms with van der Waals surface area (Å²) in [6.07, 6.45) is 5.47. The molecule has 0 amide bonds. The van der Waals surface area contributed by atoms with Gasteiger partial charge in [-0.1, -0.05) is 12.2 Å². The number of nitrogens with two attached hydrogens (primary N) is 1. The van der Waals surface area contributed by atoms with Crippen molar-refractivity contribution in [2.75, 3.05) is 7.11 Å². The van der Waals surface area contributed by atoms with Crippen LogP contribution < -0.4 is 5.73 Å². The van der Waals surface area contributed by atoms with Crippen LogP contribution in [-0.4, -0.2) is 19.1 Å². The third-order valence-corrected chi connectivity index (χ3v) is 1.99. The van der Waals surface area contributed by atoms with E-state index in [9.17, 15) is 4.79 Å². The first kappa shape index (κ1) is 8.27. The van der Waals surface area contributed by atoms with Gasteiger partial charge < -0.3 is 10.5 Å². The Bertz CT molecular complexity index is 177. The minimum absolute atomic E-state index is 0.0625. The third kappa shape index (κ3) is 1.80. The second-order valence-corrected chi connectivity index (χ2v) is 2.74. The average molecular weight is 155 g/mol. The molecule has 0 spiro atoms. The van der Waals surface area contributed by atoms with E-state index in [1.807, 2.05) is 12.2 Å². The number of esters is 1. The molecule has 3 heteroatoms. The second-order valence-electron chi connectivity index (χ2n) is 2.74. The SMILES string of the molecule is COC(=O)[C@@H]1CC=CC[C@@H]1N. The van der Waals surface area contributed by atoms with Gasteiger partial charge in [-0.05, 0) is 12.8 Å². The summed E-state index contributed by atoms with van der Waals surface area (Å²) in [5.41, 5.74) is 5.70. The van der Waals surface area contributed by atoms with Gasteiger partial charge in [0.25, 0.3) is 0 Å². The molecule has 11 heavy (non-hydrogen) atoms. The molecule has 0 aromatic carbocycles. The molecule has 0 bridgehead atoms. The summed E-state index contributed by atoms with van der Waals surface area (Å²) >= 11 is 0. The van der Waals surface area contributed by atoms with E-state index in [1.165, 1.54) is 7.11 Å².